The molecule has 0 saturated carbocycles. The van der Waals surface area contributed by atoms with Crippen LogP contribution in [0.3, 0.4) is 0 Å². The van der Waals surface area contributed by atoms with Crippen LogP contribution < -0.4 is 5.32 Å². The molecule has 0 radical (unpaired) electrons. The Morgan fingerprint density at radius 3 is 2.92 bits per heavy atom. The van der Waals surface area contributed by atoms with Crippen LogP contribution in [0.15, 0.2) is 61.2 Å². The Labute approximate surface area is 150 Å². The minimum Gasteiger partial charge on any atom is -0.370 e. The molecule has 0 atom stereocenters. The van der Waals surface area contributed by atoms with E-state index in [2.05, 4.69) is 31.3 Å². The highest BCUT2D eigenvalue weighted by molar-refractivity contribution is 6.29. The summed E-state index contributed by atoms with van der Waals surface area (Å²) in [5.41, 5.74) is 4.10. The zero-order valence-electron chi connectivity index (χ0n) is 13.4. The second-order valence-electron chi connectivity index (χ2n) is 5.70. The average molecular weight is 350 g/mol. The standard InChI is InChI=1S/C19H16ClN5/c20-17-9-14(16-12-24-19-15(16)4-2-7-23-19)10-18(25-17)22-8-5-13-3-1-6-21-11-13/h1-4,6-7,9-12H,5,8H2,(H,22,25)(H,23,24). The molecule has 0 aliphatic heterocycles. The van der Waals surface area contributed by atoms with Gasteiger partial charge in [-0.15, -0.1) is 0 Å². The van der Waals surface area contributed by atoms with Gasteiger partial charge in [-0.2, -0.15) is 0 Å². The molecule has 2 N–H and O–H groups in total. The highest BCUT2D eigenvalue weighted by Crippen LogP contribution is 2.30. The highest BCUT2D eigenvalue weighted by Gasteiger charge is 2.09. The van der Waals surface area contributed by atoms with E-state index in [4.69, 9.17) is 11.6 Å². The van der Waals surface area contributed by atoms with Gasteiger partial charge in [-0.25, -0.2) is 9.97 Å². The van der Waals surface area contributed by atoms with Gasteiger partial charge in [0.15, 0.2) is 0 Å². The number of fused-ring (bicyclic) bond motifs is 1. The fourth-order valence-electron chi connectivity index (χ4n) is 2.82. The Balaban J connectivity index is 1.56. The number of H-pyrrole nitrogens is 1. The van der Waals surface area contributed by atoms with E-state index in [0.29, 0.717) is 5.15 Å². The third-order valence-corrected chi connectivity index (χ3v) is 4.19. The Bertz CT molecular complexity index is 997. The maximum Gasteiger partial charge on any atom is 0.137 e. The molecule has 4 rings (SSSR count). The lowest BCUT2D eigenvalue weighted by atomic mass is 10.1. The van der Waals surface area contributed by atoms with E-state index in [-0.39, 0.29) is 0 Å². The molecule has 4 heterocycles. The summed E-state index contributed by atoms with van der Waals surface area (Å²) in [6, 6.07) is 11.8. The van der Waals surface area contributed by atoms with E-state index in [1.807, 2.05) is 42.7 Å². The number of nitrogens with zero attached hydrogens (tertiary/aromatic N) is 3. The Hall–Kier alpha value is -2.92. The monoisotopic (exact) mass is 349 g/mol. The number of pyridine rings is 3. The summed E-state index contributed by atoms with van der Waals surface area (Å²) in [5, 5.41) is 4.85. The molecule has 25 heavy (non-hydrogen) atoms. The van der Waals surface area contributed by atoms with Crippen LogP contribution in [0.4, 0.5) is 5.82 Å². The molecular formula is C19H16ClN5. The zero-order chi connectivity index (χ0) is 17.1. The van der Waals surface area contributed by atoms with Crippen molar-refractivity contribution in [2.75, 3.05) is 11.9 Å². The number of hydrogen-bond donors (Lipinski definition) is 2. The van der Waals surface area contributed by atoms with Crippen molar-refractivity contribution in [3.8, 4) is 11.1 Å². The van der Waals surface area contributed by atoms with Crippen molar-refractivity contribution in [2.45, 2.75) is 6.42 Å². The number of anilines is 1. The molecule has 0 saturated heterocycles. The molecule has 0 aliphatic carbocycles. The third kappa shape index (κ3) is 3.46. The lowest BCUT2D eigenvalue weighted by Crippen LogP contribution is -2.06. The summed E-state index contributed by atoms with van der Waals surface area (Å²) in [7, 11) is 0. The number of aromatic nitrogens is 4. The van der Waals surface area contributed by atoms with E-state index in [9.17, 15) is 0 Å². The van der Waals surface area contributed by atoms with Crippen LogP contribution in [0.5, 0.6) is 0 Å². The number of aromatic amines is 1. The molecule has 0 unspecified atom stereocenters. The van der Waals surface area contributed by atoms with Crippen LogP contribution >= 0.6 is 11.6 Å². The Morgan fingerprint density at radius 2 is 2.04 bits per heavy atom. The van der Waals surface area contributed by atoms with Crippen LogP contribution in [0.25, 0.3) is 22.2 Å². The van der Waals surface area contributed by atoms with Crippen LogP contribution in [0.2, 0.25) is 5.15 Å². The lowest BCUT2D eigenvalue weighted by molar-refractivity contribution is 0.994. The molecule has 0 aromatic carbocycles. The van der Waals surface area contributed by atoms with Gasteiger partial charge in [-0.3, -0.25) is 4.98 Å². The second-order valence-corrected chi connectivity index (χ2v) is 6.09. The number of halogens is 1. The summed E-state index contributed by atoms with van der Waals surface area (Å²) >= 11 is 6.23. The van der Waals surface area contributed by atoms with Gasteiger partial charge in [-0.1, -0.05) is 17.7 Å². The molecule has 0 aliphatic rings. The number of nitrogens with one attached hydrogen (secondary N) is 2. The quantitative estimate of drug-likeness (QED) is 0.526. The molecule has 0 bridgehead atoms. The third-order valence-electron chi connectivity index (χ3n) is 4.00. The molecule has 4 aromatic heterocycles. The average Bonchev–Trinajstić information content (AvgIpc) is 3.06. The highest BCUT2D eigenvalue weighted by atomic mass is 35.5. The molecule has 0 amide bonds. The van der Waals surface area contributed by atoms with Gasteiger partial charge in [0, 0.05) is 42.3 Å². The normalized spacial score (nSPS) is 10.9. The molecular weight excluding hydrogens is 334 g/mol. The fraction of sp³-hybridized carbons (Fsp3) is 0.105. The van der Waals surface area contributed by atoms with Crippen LogP contribution in [0, 0.1) is 0 Å². The summed E-state index contributed by atoms with van der Waals surface area (Å²) in [5.74, 6) is 0.754. The first kappa shape index (κ1) is 15.6. The van der Waals surface area contributed by atoms with E-state index in [1.165, 1.54) is 5.56 Å². The first-order chi connectivity index (χ1) is 12.3. The summed E-state index contributed by atoms with van der Waals surface area (Å²) < 4.78 is 0. The summed E-state index contributed by atoms with van der Waals surface area (Å²) in [6.45, 7) is 0.758. The molecule has 6 heteroatoms. The van der Waals surface area contributed by atoms with Gasteiger partial charge in [0.05, 0.1) is 0 Å². The first-order valence-electron chi connectivity index (χ1n) is 8.02. The lowest BCUT2D eigenvalue weighted by Gasteiger charge is -2.08. The van der Waals surface area contributed by atoms with Gasteiger partial charge >= 0.3 is 0 Å². The van der Waals surface area contributed by atoms with Crippen LogP contribution in [-0.2, 0) is 6.42 Å². The van der Waals surface area contributed by atoms with Crippen molar-refractivity contribution in [2.24, 2.45) is 0 Å². The van der Waals surface area contributed by atoms with E-state index in [1.54, 1.807) is 12.4 Å². The minimum absolute atomic E-state index is 0.458. The van der Waals surface area contributed by atoms with Crippen LogP contribution in [-0.4, -0.2) is 26.5 Å². The topological polar surface area (TPSA) is 66.5 Å². The first-order valence-corrected chi connectivity index (χ1v) is 8.40. The fourth-order valence-corrected chi connectivity index (χ4v) is 3.03. The Kier molecular flexibility index (Phi) is 4.31. The van der Waals surface area contributed by atoms with Gasteiger partial charge in [0.2, 0.25) is 0 Å². The van der Waals surface area contributed by atoms with Crippen molar-refractivity contribution in [1.82, 2.24) is 19.9 Å². The second kappa shape index (κ2) is 6.91. The van der Waals surface area contributed by atoms with Gasteiger partial charge < -0.3 is 10.3 Å². The minimum atomic E-state index is 0.458. The van der Waals surface area contributed by atoms with Crippen molar-refractivity contribution >= 4 is 28.5 Å². The number of hydrogen-bond acceptors (Lipinski definition) is 4. The van der Waals surface area contributed by atoms with E-state index < -0.39 is 0 Å². The largest absolute Gasteiger partial charge is 0.370 e. The van der Waals surface area contributed by atoms with Crippen LogP contribution in [0.1, 0.15) is 5.56 Å². The predicted octanol–water partition coefficient (Wildman–Crippen LogP) is 4.33. The smallest absolute Gasteiger partial charge is 0.137 e. The van der Waals surface area contributed by atoms with Crippen molar-refractivity contribution < 1.29 is 0 Å². The van der Waals surface area contributed by atoms with E-state index >= 15 is 0 Å². The summed E-state index contributed by atoms with van der Waals surface area (Å²) in [6.07, 6.45) is 8.24. The van der Waals surface area contributed by atoms with Gasteiger partial charge in [0.25, 0.3) is 0 Å². The number of rotatable bonds is 5. The van der Waals surface area contributed by atoms with Crippen molar-refractivity contribution in [3.63, 3.8) is 0 Å². The van der Waals surface area contributed by atoms with Crippen molar-refractivity contribution in [3.05, 3.63) is 71.9 Å². The van der Waals surface area contributed by atoms with Crippen molar-refractivity contribution in [1.29, 1.82) is 0 Å². The SMILES string of the molecule is Clc1cc(-c2c[nH]c3ncccc23)cc(NCCc2cccnc2)n1. The maximum absolute atomic E-state index is 6.23. The van der Waals surface area contributed by atoms with E-state index in [0.717, 1.165) is 40.9 Å². The molecule has 4 aromatic rings. The van der Waals surface area contributed by atoms with Gasteiger partial charge in [0.1, 0.15) is 16.6 Å². The molecule has 5 nitrogen and oxygen atoms in total. The Morgan fingerprint density at radius 1 is 1.12 bits per heavy atom. The molecule has 0 fully saturated rings. The molecule has 0 spiro atoms. The zero-order valence-corrected chi connectivity index (χ0v) is 14.2. The predicted molar refractivity (Wildman–Crippen MR) is 101 cm³/mol. The summed E-state index contributed by atoms with van der Waals surface area (Å²) in [4.78, 5) is 16.0. The maximum atomic E-state index is 6.23. The molecule has 124 valence electrons. The van der Waals surface area contributed by atoms with Gasteiger partial charge in [-0.05, 0) is 47.9 Å².